The average Bonchev–Trinajstić information content (AvgIpc) is 3.30. The largest absolute Gasteiger partial charge is 0.497 e. The molecule has 1 saturated heterocycles. The summed E-state index contributed by atoms with van der Waals surface area (Å²) in [6.07, 6.45) is 3.61. The number of ether oxygens (including phenoxy) is 1. The summed E-state index contributed by atoms with van der Waals surface area (Å²) < 4.78 is 7.19. The van der Waals surface area contributed by atoms with Gasteiger partial charge in [0.1, 0.15) is 17.0 Å². The molecule has 0 bridgehead atoms. The number of carbonyl (C=O) groups is 1. The summed E-state index contributed by atoms with van der Waals surface area (Å²) in [6.45, 7) is 6.59. The van der Waals surface area contributed by atoms with Gasteiger partial charge in [-0.2, -0.15) is 0 Å². The number of rotatable bonds is 5. The van der Waals surface area contributed by atoms with Crippen molar-refractivity contribution in [2.75, 3.05) is 13.7 Å². The second kappa shape index (κ2) is 7.16. The summed E-state index contributed by atoms with van der Waals surface area (Å²) in [4.78, 5) is 15.0. The number of aliphatic hydroxyl groups is 1. The third-order valence-electron chi connectivity index (χ3n) is 5.39. The highest BCUT2D eigenvalue weighted by Crippen LogP contribution is 2.36. The minimum Gasteiger partial charge on any atom is -0.497 e. The molecule has 1 aliphatic rings. The molecule has 2 heterocycles. The molecule has 26 heavy (non-hydrogen) atoms. The molecule has 1 aliphatic heterocycles. The van der Waals surface area contributed by atoms with Crippen LogP contribution in [0, 0.1) is 0 Å². The van der Waals surface area contributed by atoms with E-state index in [4.69, 9.17) is 4.74 Å². The number of likely N-dealkylation sites (tertiary alicyclic amines) is 1. The number of benzene rings is 1. The van der Waals surface area contributed by atoms with Crippen LogP contribution in [0.1, 0.15) is 55.7 Å². The minimum atomic E-state index is -1.12. The summed E-state index contributed by atoms with van der Waals surface area (Å²) in [5, 5.41) is 11.3. The van der Waals surface area contributed by atoms with E-state index >= 15 is 0 Å². The van der Waals surface area contributed by atoms with Gasteiger partial charge in [0.05, 0.1) is 13.2 Å². The Morgan fingerprint density at radius 2 is 1.96 bits per heavy atom. The van der Waals surface area contributed by atoms with Crippen molar-refractivity contribution in [2.45, 2.75) is 51.3 Å². The first kappa shape index (κ1) is 18.5. The van der Waals surface area contributed by atoms with Crippen molar-refractivity contribution in [3.8, 4) is 5.75 Å². The number of amides is 1. The highest BCUT2D eigenvalue weighted by Gasteiger charge is 2.43. The summed E-state index contributed by atoms with van der Waals surface area (Å²) in [6, 6.07) is 11.2. The van der Waals surface area contributed by atoms with Crippen molar-refractivity contribution in [1.82, 2.24) is 9.47 Å². The minimum absolute atomic E-state index is 0.0139. The van der Waals surface area contributed by atoms with Crippen molar-refractivity contribution >= 4 is 5.91 Å². The van der Waals surface area contributed by atoms with Crippen LogP contribution in [0.4, 0.5) is 0 Å². The highest BCUT2D eigenvalue weighted by atomic mass is 16.5. The van der Waals surface area contributed by atoms with Crippen molar-refractivity contribution in [1.29, 1.82) is 0 Å². The van der Waals surface area contributed by atoms with Crippen LogP contribution in [0.3, 0.4) is 0 Å². The number of nitrogens with zero attached hydrogens (tertiary/aromatic N) is 2. The fourth-order valence-corrected chi connectivity index (χ4v) is 3.89. The van der Waals surface area contributed by atoms with Crippen molar-refractivity contribution in [3.05, 3.63) is 53.9 Å². The van der Waals surface area contributed by atoms with Gasteiger partial charge in [-0.15, -0.1) is 0 Å². The number of methoxy groups -OCH3 is 1. The van der Waals surface area contributed by atoms with Gasteiger partial charge in [-0.1, -0.05) is 12.1 Å². The standard InChI is InChI=1S/C21H28N2O3/c1-15(2)22-13-5-7-18(22)20(24)23-14-6-8-19(23)21(3,25)16-9-11-17(26-4)12-10-16/h5,7,9-13,15,19,25H,6,8,14H2,1-4H3/t19-,21+/m0/s1. The Hall–Kier alpha value is -2.27. The van der Waals surface area contributed by atoms with Crippen LogP contribution < -0.4 is 4.74 Å². The molecule has 2 atom stereocenters. The quantitative estimate of drug-likeness (QED) is 0.891. The first-order valence-corrected chi connectivity index (χ1v) is 9.21. The van der Waals surface area contributed by atoms with Crippen molar-refractivity contribution < 1.29 is 14.6 Å². The van der Waals surface area contributed by atoms with E-state index in [1.54, 1.807) is 14.0 Å². The monoisotopic (exact) mass is 356 g/mol. The lowest BCUT2D eigenvalue weighted by Crippen LogP contribution is -2.48. The van der Waals surface area contributed by atoms with Crippen molar-refractivity contribution in [2.24, 2.45) is 0 Å². The summed E-state index contributed by atoms with van der Waals surface area (Å²) in [7, 11) is 1.62. The number of hydrogen-bond acceptors (Lipinski definition) is 3. The Morgan fingerprint density at radius 1 is 1.27 bits per heavy atom. The molecule has 1 N–H and O–H groups in total. The van der Waals surface area contributed by atoms with E-state index in [2.05, 4.69) is 13.8 Å². The Labute approximate surface area is 155 Å². The molecule has 1 fully saturated rings. The fraction of sp³-hybridized carbons (Fsp3) is 0.476. The van der Waals surface area contributed by atoms with Crippen LogP contribution in [0.2, 0.25) is 0 Å². The zero-order valence-corrected chi connectivity index (χ0v) is 16.0. The molecule has 0 aliphatic carbocycles. The molecular formula is C21H28N2O3. The van der Waals surface area contributed by atoms with Gasteiger partial charge in [0.25, 0.3) is 5.91 Å². The molecule has 1 aromatic heterocycles. The van der Waals surface area contributed by atoms with Gasteiger partial charge in [-0.05, 0) is 63.4 Å². The molecule has 2 aromatic rings. The molecule has 0 unspecified atom stereocenters. The van der Waals surface area contributed by atoms with Gasteiger partial charge in [0.15, 0.2) is 0 Å². The molecule has 5 heteroatoms. The van der Waals surface area contributed by atoms with Crippen LogP contribution in [-0.4, -0.2) is 40.2 Å². The SMILES string of the molecule is COc1ccc([C@@](C)(O)[C@@H]2CCCN2C(=O)c2cccn2C(C)C)cc1. The van der Waals surface area contributed by atoms with E-state index < -0.39 is 5.60 Å². The highest BCUT2D eigenvalue weighted by molar-refractivity contribution is 5.93. The summed E-state index contributed by atoms with van der Waals surface area (Å²) in [5.41, 5.74) is 0.355. The predicted molar refractivity (Wildman–Crippen MR) is 101 cm³/mol. The predicted octanol–water partition coefficient (Wildman–Crippen LogP) is 3.59. The van der Waals surface area contributed by atoms with E-state index in [1.807, 2.05) is 52.1 Å². The Bertz CT molecular complexity index is 762. The van der Waals surface area contributed by atoms with Gasteiger partial charge in [0, 0.05) is 18.8 Å². The van der Waals surface area contributed by atoms with Crippen LogP contribution >= 0.6 is 0 Å². The topological polar surface area (TPSA) is 54.7 Å². The second-order valence-corrected chi connectivity index (χ2v) is 7.43. The zero-order valence-electron chi connectivity index (χ0n) is 16.0. The molecule has 0 saturated carbocycles. The first-order valence-electron chi connectivity index (χ1n) is 9.21. The molecule has 5 nitrogen and oxygen atoms in total. The van der Waals surface area contributed by atoms with Gasteiger partial charge < -0.3 is 19.3 Å². The van der Waals surface area contributed by atoms with E-state index in [9.17, 15) is 9.90 Å². The van der Waals surface area contributed by atoms with E-state index in [0.29, 0.717) is 12.2 Å². The second-order valence-electron chi connectivity index (χ2n) is 7.43. The van der Waals surface area contributed by atoms with E-state index in [1.165, 1.54) is 0 Å². The average molecular weight is 356 g/mol. The molecule has 140 valence electrons. The lowest BCUT2D eigenvalue weighted by molar-refractivity contribution is -0.0180. The van der Waals surface area contributed by atoms with Crippen LogP contribution in [-0.2, 0) is 5.60 Å². The van der Waals surface area contributed by atoms with Gasteiger partial charge in [-0.25, -0.2) is 0 Å². The molecule has 3 rings (SSSR count). The fourth-order valence-electron chi connectivity index (χ4n) is 3.89. The maximum absolute atomic E-state index is 13.2. The maximum atomic E-state index is 13.2. The van der Waals surface area contributed by atoms with Crippen LogP contribution in [0.25, 0.3) is 0 Å². The van der Waals surface area contributed by atoms with Gasteiger partial charge >= 0.3 is 0 Å². The Kier molecular flexibility index (Phi) is 5.10. The zero-order chi connectivity index (χ0) is 18.9. The van der Waals surface area contributed by atoms with Crippen LogP contribution in [0.15, 0.2) is 42.6 Å². The molecule has 0 spiro atoms. The summed E-state index contributed by atoms with van der Waals surface area (Å²) in [5.74, 6) is 0.735. The first-order chi connectivity index (χ1) is 12.4. The van der Waals surface area contributed by atoms with E-state index in [0.717, 1.165) is 24.2 Å². The van der Waals surface area contributed by atoms with Gasteiger partial charge in [0.2, 0.25) is 0 Å². The molecular weight excluding hydrogens is 328 g/mol. The van der Waals surface area contributed by atoms with Gasteiger partial charge in [-0.3, -0.25) is 4.79 Å². The number of carbonyl (C=O) groups excluding carboxylic acids is 1. The Morgan fingerprint density at radius 3 is 2.58 bits per heavy atom. The third-order valence-corrected chi connectivity index (χ3v) is 5.39. The summed E-state index contributed by atoms with van der Waals surface area (Å²) >= 11 is 0. The normalized spacial score (nSPS) is 19.6. The van der Waals surface area contributed by atoms with Crippen LogP contribution in [0.5, 0.6) is 5.75 Å². The third kappa shape index (κ3) is 3.23. The lowest BCUT2D eigenvalue weighted by Gasteiger charge is -2.37. The number of hydrogen-bond donors (Lipinski definition) is 1. The maximum Gasteiger partial charge on any atom is 0.270 e. The molecule has 0 radical (unpaired) electrons. The smallest absolute Gasteiger partial charge is 0.270 e. The lowest BCUT2D eigenvalue weighted by atomic mass is 9.86. The molecule has 1 amide bonds. The number of aromatic nitrogens is 1. The Balaban J connectivity index is 1.88. The van der Waals surface area contributed by atoms with Crippen molar-refractivity contribution in [3.63, 3.8) is 0 Å². The van der Waals surface area contributed by atoms with E-state index in [-0.39, 0.29) is 18.0 Å². The molecule has 1 aromatic carbocycles.